The molecule has 6 heteroatoms. The van der Waals surface area contributed by atoms with E-state index in [-0.39, 0.29) is 0 Å². The Labute approximate surface area is 164 Å². The van der Waals surface area contributed by atoms with Gasteiger partial charge in [0.1, 0.15) is 23.9 Å². The molecule has 0 spiro atoms. The number of anilines is 2. The summed E-state index contributed by atoms with van der Waals surface area (Å²) in [6.45, 7) is 1.11. The van der Waals surface area contributed by atoms with E-state index in [1.807, 2.05) is 48.5 Å². The average Bonchev–Trinajstić information content (AvgIpc) is 3.56. The van der Waals surface area contributed by atoms with Crippen LogP contribution in [-0.4, -0.2) is 36.3 Å². The number of nitrogens with zero attached hydrogens (tertiary/aromatic N) is 2. The fourth-order valence-corrected chi connectivity index (χ4v) is 2.80. The monoisotopic (exact) mass is 376 g/mol. The van der Waals surface area contributed by atoms with Gasteiger partial charge in [0.05, 0.1) is 19.3 Å². The first-order valence-corrected chi connectivity index (χ1v) is 9.52. The summed E-state index contributed by atoms with van der Waals surface area (Å²) in [5.74, 6) is 3.07. The van der Waals surface area contributed by atoms with E-state index >= 15 is 0 Å². The van der Waals surface area contributed by atoms with Crippen LogP contribution in [0.5, 0.6) is 11.5 Å². The molecule has 0 aliphatic heterocycles. The van der Waals surface area contributed by atoms with Crippen molar-refractivity contribution in [3.8, 4) is 22.8 Å². The number of methoxy groups -OCH3 is 1. The molecule has 28 heavy (non-hydrogen) atoms. The maximum atomic E-state index is 5.76. The summed E-state index contributed by atoms with van der Waals surface area (Å²) in [6.07, 6.45) is 2.40. The molecule has 6 nitrogen and oxygen atoms in total. The summed E-state index contributed by atoms with van der Waals surface area (Å²) in [5.41, 5.74) is 1.97. The first-order chi connectivity index (χ1) is 13.8. The Balaban J connectivity index is 1.39. The van der Waals surface area contributed by atoms with Crippen LogP contribution in [0.3, 0.4) is 0 Å². The van der Waals surface area contributed by atoms with Gasteiger partial charge in [-0.1, -0.05) is 30.3 Å². The highest BCUT2D eigenvalue weighted by Crippen LogP contribution is 2.27. The Kier molecular flexibility index (Phi) is 5.56. The Morgan fingerprint density at radius 1 is 0.964 bits per heavy atom. The molecular formula is C22H24N4O2. The molecule has 1 aliphatic rings. The zero-order chi connectivity index (χ0) is 19.2. The van der Waals surface area contributed by atoms with Crippen LogP contribution in [0.2, 0.25) is 0 Å². The highest BCUT2D eigenvalue weighted by Gasteiger charge is 2.22. The van der Waals surface area contributed by atoms with Gasteiger partial charge in [0.15, 0.2) is 0 Å². The largest absolute Gasteiger partial charge is 0.497 e. The molecule has 1 heterocycles. The van der Waals surface area contributed by atoms with Crippen LogP contribution in [-0.2, 0) is 0 Å². The van der Waals surface area contributed by atoms with E-state index in [1.54, 1.807) is 7.11 Å². The molecule has 0 saturated heterocycles. The summed E-state index contributed by atoms with van der Waals surface area (Å²) in [5, 5.41) is 6.73. The molecule has 0 amide bonds. The molecule has 3 aromatic rings. The number of ether oxygens (including phenoxy) is 2. The molecular weight excluding hydrogens is 352 g/mol. The molecule has 2 N–H and O–H groups in total. The number of hydrogen-bond acceptors (Lipinski definition) is 6. The van der Waals surface area contributed by atoms with Crippen LogP contribution in [0.25, 0.3) is 11.3 Å². The SMILES string of the molecule is COc1ccc(OCCNc2nc(NC3CC3)cc(-c3ccccc3)n2)cc1. The molecule has 4 rings (SSSR count). The van der Waals surface area contributed by atoms with Crippen molar-refractivity contribution in [3.05, 3.63) is 60.7 Å². The second-order valence-electron chi connectivity index (χ2n) is 6.70. The van der Waals surface area contributed by atoms with Gasteiger partial charge in [0.25, 0.3) is 0 Å². The minimum atomic E-state index is 0.511. The predicted octanol–water partition coefficient (Wildman–Crippen LogP) is 4.22. The number of hydrogen-bond donors (Lipinski definition) is 2. The van der Waals surface area contributed by atoms with Gasteiger partial charge in [-0.15, -0.1) is 0 Å². The molecule has 1 aliphatic carbocycles. The minimum absolute atomic E-state index is 0.511. The quantitative estimate of drug-likeness (QED) is 0.545. The maximum Gasteiger partial charge on any atom is 0.225 e. The van der Waals surface area contributed by atoms with E-state index in [4.69, 9.17) is 9.47 Å². The number of rotatable bonds is 9. The summed E-state index contributed by atoms with van der Waals surface area (Å²) >= 11 is 0. The standard InChI is InChI=1S/C22H24N4O2/c1-27-18-9-11-19(12-10-18)28-14-13-23-22-25-20(16-5-3-2-4-6-16)15-21(26-22)24-17-7-8-17/h2-6,9-12,15,17H,7-8,13-14H2,1H3,(H2,23,24,25,26). The fourth-order valence-electron chi connectivity index (χ4n) is 2.80. The average molecular weight is 376 g/mol. The summed E-state index contributed by atoms with van der Waals surface area (Å²) in [7, 11) is 1.65. The van der Waals surface area contributed by atoms with Crippen molar-refractivity contribution >= 4 is 11.8 Å². The molecule has 144 valence electrons. The summed E-state index contributed by atoms with van der Waals surface area (Å²) in [4.78, 5) is 9.27. The van der Waals surface area contributed by atoms with Crippen LogP contribution in [0.1, 0.15) is 12.8 Å². The van der Waals surface area contributed by atoms with Gasteiger partial charge in [0, 0.05) is 17.7 Å². The smallest absolute Gasteiger partial charge is 0.225 e. The third kappa shape index (κ3) is 4.91. The molecule has 0 bridgehead atoms. The van der Waals surface area contributed by atoms with Gasteiger partial charge in [-0.2, -0.15) is 4.98 Å². The van der Waals surface area contributed by atoms with Gasteiger partial charge in [-0.25, -0.2) is 4.98 Å². The minimum Gasteiger partial charge on any atom is -0.497 e. The van der Waals surface area contributed by atoms with E-state index in [2.05, 4.69) is 32.7 Å². The lowest BCUT2D eigenvalue weighted by Crippen LogP contribution is -2.14. The first kappa shape index (κ1) is 18.1. The third-order valence-electron chi connectivity index (χ3n) is 4.44. The molecule has 1 fully saturated rings. The first-order valence-electron chi connectivity index (χ1n) is 9.52. The fraction of sp³-hybridized carbons (Fsp3) is 0.273. The van der Waals surface area contributed by atoms with Crippen molar-refractivity contribution in [3.63, 3.8) is 0 Å². The zero-order valence-electron chi connectivity index (χ0n) is 15.9. The number of benzene rings is 2. The van der Waals surface area contributed by atoms with E-state index in [0.717, 1.165) is 28.6 Å². The second-order valence-corrected chi connectivity index (χ2v) is 6.70. The highest BCUT2D eigenvalue weighted by atomic mass is 16.5. The van der Waals surface area contributed by atoms with Crippen molar-refractivity contribution in [2.45, 2.75) is 18.9 Å². The molecule has 2 aromatic carbocycles. The van der Waals surface area contributed by atoms with Crippen molar-refractivity contribution < 1.29 is 9.47 Å². The second kappa shape index (κ2) is 8.61. The van der Waals surface area contributed by atoms with Gasteiger partial charge in [-0.05, 0) is 37.1 Å². The molecule has 0 atom stereocenters. The summed E-state index contributed by atoms with van der Waals surface area (Å²) < 4.78 is 10.9. The lowest BCUT2D eigenvalue weighted by Gasteiger charge is -2.12. The highest BCUT2D eigenvalue weighted by molar-refractivity contribution is 5.64. The molecule has 1 saturated carbocycles. The number of nitrogens with one attached hydrogen (secondary N) is 2. The Morgan fingerprint density at radius 2 is 1.71 bits per heavy atom. The van der Waals surface area contributed by atoms with E-state index < -0.39 is 0 Å². The number of aromatic nitrogens is 2. The molecule has 1 aromatic heterocycles. The normalized spacial score (nSPS) is 13.0. The Hall–Kier alpha value is -3.28. The van der Waals surface area contributed by atoms with Gasteiger partial charge >= 0.3 is 0 Å². The van der Waals surface area contributed by atoms with Crippen LogP contribution >= 0.6 is 0 Å². The maximum absolute atomic E-state index is 5.76. The van der Waals surface area contributed by atoms with E-state index in [9.17, 15) is 0 Å². The van der Waals surface area contributed by atoms with Crippen molar-refractivity contribution in [2.75, 3.05) is 30.9 Å². The summed E-state index contributed by atoms with van der Waals surface area (Å²) in [6, 6.07) is 20.2. The third-order valence-corrected chi connectivity index (χ3v) is 4.44. The Morgan fingerprint density at radius 3 is 2.43 bits per heavy atom. The van der Waals surface area contributed by atoms with Crippen LogP contribution < -0.4 is 20.1 Å². The van der Waals surface area contributed by atoms with Gasteiger partial charge in [0.2, 0.25) is 5.95 Å². The predicted molar refractivity (Wildman–Crippen MR) is 111 cm³/mol. The molecule has 0 radical (unpaired) electrons. The topological polar surface area (TPSA) is 68.3 Å². The van der Waals surface area contributed by atoms with Crippen LogP contribution in [0, 0.1) is 0 Å². The van der Waals surface area contributed by atoms with Gasteiger partial charge < -0.3 is 20.1 Å². The van der Waals surface area contributed by atoms with E-state index in [0.29, 0.717) is 25.1 Å². The Bertz CT molecular complexity index is 896. The lowest BCUT2D eigenvalue weighted by atomic mass is 10.1. The van der Waals surface area contributed by atoms with Crippen molar-refractivity contribution in [1.82, 2.24) is 9.97 Å². The molecule has 0 unspecified atom stereocenters. The van der Waals surface area contributed by atoms with Crippen LogP contribution in [0.4, 0.5) is 11.8 Å². The van der Waals surface area contributed by atoms with Gasteiger partial charge in [-0.3, -0.25) is 0 Å². The van der Waals surface area contributed by atoms with Crippen molar-refractivity contribution in [2.24, 2.45) is 0 Å². The van der Waals surface area contributed by atoms with Crippen molar-refractivity contribution in [1.29, 1.82) is 0 Å². The lowest BCUT2D eigenvalue weighted by molar-refractivity contribution is 0.331. The van der Waals surface area contributed by atoms with E-state index in [1.165, 1.54) is 12.8 Å². The zero-order valence-corrected chi connectivity index (χ0v) is 15.9. The van der Waals surface area contributed by atoms with Crippen LogP contribution in [0.15, 0.2) is 60.7 Å².